The third-order valence-corrected chi connectivity index (χ3v) is 4.95. The quantitative estimate of drug-likeness (QED) is 0.302. The molecule has 0 radical (unpaired) electrons. The summed E-state index contributed by atoms with van der Waals surface area (Å²) in [6, 6.07) is 11.5. The fraction of sp³-hybridized carbons (Fsp3) is 0.409. The van der Waals surface area contributed by atoms with Gasteiger partial charge < -0.3 is 20.6 Å². The number of aliphatic hydroxyl groups is 1. The lowest BCUT2D eigenvalue weighted by Crippen LogP contribution is -2.36. The molecule has 0 aliphatic carbocycles. The van der Waals surface area contributed by atoms with Gasteiger partial charge in [-0.05, 0) is 55.2 Å². The summed E-state index contributed by atoms with van der Waals surface area (Å²) in [6.45, 7) is 4.85. The molecule has 164 valence electrons. The van der Waals surface area contributed by atoms with Gasteiger partial charge in [0.25, 0.3) is 0 Å². The number of nitrogens with one attached hydrogen (secondary N) is 2. The van der Waals surface area contributed by atoms with Gasteiger partial charge in [-0.25, -0.2) is 13.8 Å². The topological polar surface area (TPSA) is 59.9 Å². The van der Waals surface area contributed by atoms with Crippen LogP contribution in [0.15, 0.2) is 47.5 Å². The van der Waals surface area contributed by atoms with E-state index in [1.165, 1.54) is 18.2 Å². The van der Waals surface area contributed by atoms with Crippen LogP contribution in [0.2, 0.25) is 0 Å². The SMILES string of the molecule is CCNC(=NCc1ccc(N2CCC(O)CC2)c(F)c1)NCc1ccc(F)cc1.I. The molecule has 0 unspecified atom stereocenters. The molecule has 1 fully saturated rings. The van der Waals surface area contributed by atoms with Crippen LogP contribution in [0.1, 0.15) is 30.9 Å². The Morgan fingerprint density at radius 3 is 2.37 bits per heavy atom. The Labute approximate surface area is 193 Å². The number of halogens is 3. The molecule has 1 heterocycles. The Kier molecular flexibility index (Phi) is 9.77. The molecule has 0 amide bonds. The highest BCUT2D eigenvalue weighted by Crippen LogP contribution is 2.24. The highest BCUT2D eigenvalue weighted by atomic mass is 127. The van der Waals surface area contributed by atoms with E-state index >= 15 is 0 Å². The number of rotatable bonds is 6. The van der Waals surface area contributed by atoms with Crippen molar-refractivity contribution in [3.05, 3.63) is 65.2 Å². The van der Waals surface area contributed by atoms with Crippen molar-refractivity contribution < 1.29 is 13.9 Å². The van der Waals surface area contributed by atoms with E-state index in [0.29, 0.717) is 57.2 Å². The van der Waals surface area contributed by atoms with Gasteiger partial charge in [-0.1, -0.05) is 18.2 Å². The molecule has 1 aliphatic heterocycles. The van der Waals surface area contributed by atoms with Crippen LogP contribution in [-0.2, 0) is 13.1 Å². The molecule has 3 N–H and O–H groups in total. The second-order valence-electron chi connectivity index (χ2n) is 7.18. The predicted octanol–water partition coefficient (Wildman–Crippen LogP) is 3.80. The Hall–Kier alpha value is -1.94. The lowest BCUT2D eigenvalue weighted by Gasteiger charge is -2.31. The van der Waals surface area contributed by atoms with Crippen molar-refractivity contribution in [1.82, 2.24) is 10.6 Å². The van der Waals surface area contributed by atoms with Gasteiger partial charge >= 0.3 is 0 Å². The smallest absolute Gasteiger partial charge is 0.191 e. The Bertz CT molecular complexity index is 824. The first-order chi connectivity index (χ1) is 14.0. The zero-order chi connectivity index (χ0) is 20.6. The number of aliphatic hydroxyl groups excluding tert-OH is 1. The third kappa shape index (κ3) is 7.09. The van der Waals surface area contributed by atoms with Crippen LogP contribution < -0.4 is 15.5 Å². The van der Waals surface area contributed by atoms with Crippen molar-refractivity contribution in [3.8, 4) is 0 Å². The maximum Gasteiger partial charge on any atom is 0.191 e. The monoisotopic (exact) mass is 530 g/mol. The summed E-state index contributed by atoms with van der Waals surface area (Å²) in [5.74, 6) is 0.0882. The number of guanidine groups is 1. The normalized spacial score (nSPS) is 14.9. The Morgan fingerprint density at radius 2 is 1.73 bits per heavy atom. The molecular formula is C22H29F2IN4O. The van der Waals surface area contributed by atoms with Crippen LogP contribution in [0.25, 0.3) is 0 Å². The van der Waals surface area contributed by atoms with Crippen molar-refractivity contribution in [2.24, 2.45) is 4.99 Å². The average molecular weight is 530 g/mol. The van der Waals surface area contributed by atoms with E-state index in [-0.39, 0.29) is 41.7 Å². The van der Waals surface area contributed by atoms with Gasteiger partial charge in [0.15, 0.2) is 5.96 Å². The predicted molar refractivity (Wildman–Crippen MR) is 127 cm³/mol. The lowest BCUT2D eigenvalue weighted by atomic mass is 10.1. The van der Waals surface area contributed by atoms with E-state index in [4.69, 9.17) is 0 Å². The van der Waals surface area contributed by atoms with Gasteiger partial charge in [0.1, 0.15) is 11.6 Å². The lowest BCUT2D eigenvalue weighted by molar-refractivity contribution is 0.145. The van der Waals surface area contributed by atoms with Gasteiger partial charge in [-0.15, -0.1) is 24.0 Å². The van der Waals surface area contributed by atoms with E-state index in [0.717, 1.165) is 11.1 Å². The molecule has 30 heavy (non-hydrogen) atoms. The van der Waals surface area contributed by atoms with Crippen LogP contribution in [-0.4, -0.2) is 36.8 Å². The minimum atomic E-state index is -0.283. The van der Waals surface area contributed by atoms with E-state index in [1.54, 1.807) is 18.2 Å². The summed E-state index contributed by atoms with van der Waals surface area (Å²) in [4.78, 5) is 6.49. The molecule has 8 heteroatoms. The number of anilines is 1. The molecule has 1 saturated heterocycles. The van der Waals surface area contributed by atoms with E-state index in [9.17, 15) is 13.9 Å². The molecule has 2 aromatic carbocycles. The number of benzene rings is 2. The number of piperidine rings is 1. The third-order valence-electron chi connectivity index (χ3n) is 4.95. The van der Waals surface area contributed by atoms with Crippen molar-refractivity contribution in [3.63, 3.8) is 0 Å². The minimum absolute atomic E-state index is 0. The number of hydrogen-bond acceptors (Lipinski definition) is 3. The maximum atomic E-state index is 14.6. The number of aliphatic imine (C=N–C) groups is 1. The molecular weight excluding hydrogens is 501 g/mol. The van der Waals surface area contributed by atoms with E-state index < -0.39 is 0 Å². The largest absolute Gasteiger partial charge is 0.393 e. The molecule has 2 aromatic rings. The summed E-state index contributed by atoms with van der Waals surface area (Å²) in [7, 11) is 0. The minimum Gasteiger partial charge on any atom is -0.393 e. The van der Waals surface area contributed by atoms with Crippen LogP contribution >= 0.6 is 24.0 Å². The Morgan fingerprint density at radius 1 is 1.07 bits per heavy atom. The first-order valence-corrected chi connectivity index (χ1v) is 10.0. The van der Waals surface area contributed by atoms with Crippen LogP contribution in [0, 0.1) is 11.6 Å². The van der Waals surface area contributed by atoms with Gasteiger partial charge in [-0.3, -0.25) is 0 Å². The second kappa shape index (κ2) is 12.0. The zero-order valence-electron chi connectivity index (χ0n) is 17.1. The van der Waals surface area contributed by atoms with Gasteiger partial charge in [0, 0.05) is 26.2 Å². The summed E-state index contributed by atoms with van der Waals surface area (Å²) in [5.41, 5.74) is 2.30. The fourth-order valence-electron chi connectivity index (χ4n) is 3.31. The molecule has 0 atom stereocenters. The fourth-order valence-corrected chi connectivity index (χ4v) is 3.31. The molecule has 5 nitrogen and oxygen atoms in total. The molecule has 0 aromatic heterocycles. The van der Waals surface area contributed by atoms with Crippen molar-refractivity contribution in [1.29, 1.82) is 0 Å². The number of nitrogens with zero attached hydrogens (tertiary/aromatic N) is 2. The van der Waals surface area contributed by atoms with Gasteiger partial charge in [-0.2, -0.15) is 0 Å². The molecule has 0 spiro atoms. The van der Waals surface area contributed by atoms with Crippen molar-refractivity contribution >= 4 is 35.6 Å². The van der Waals surface area contributed by atoms with Crippen LogP contribution in [0.3, 0.4) is 0 Å². The average Bonchev–Trinajstić information content (AvgIpc) is 2.72. The standard InChI is InChI=1S/C22H28F2N4O.HI/c1-2-25-22(26-14-16-3-6-18(23)7-4-16)27-15-17-5-8-21(20(24)13-17)28-11-9-19(29)10-12-28;/h3-8,13,19,29H,2,9-12,14-15H2,1H3,(H2,25,26,27);1H. The first kappa shape index (κ1) is 24.3. The summed E-state index contributed by atoms with van der Waals surface area (Å²) < 4.78 is 27.6. The summed E-state index contributed by atoms with van der Waals surface area (Å²) >= 11 is 0. The van der Waals surface area contributed by atoms with Crippen molar-refractivity contribution in [2.75, 3.05) is 24.5 Å². The highest BCUT2D eigenvalue weighted by molar-refractivity contribution is 14.0. The van der Waals surface area contributed by atoms with E-state index in [1.807, 2.05) is 17.9 Å². The zero-order valence-corrected chi connectivity index (χ0v) is 19.4. The first-order valence-electron chi connectivity index (χ1n) is 10.0. The molecule has 0 bridgehead atoms. The Balaban J connectivity index is 0.00000320. The molecule has 1 aliphatic rings. The molecule has 3 rings (SSSR count). The van der Waals surface area contributed by atoms with E-state index in [2.05, 4.69) is 15.6 Å². The van der Waals surface area contributed by atoms with Crippen LogP contribution in [0.5, 0.6) is 0 Å². The highest BCUT2D eigenvalue weighted by Gasteiger charge is 2.19. The number of hydrogen-bond donors (Lipinski definition) is 3. The summed E-state index contributed by atoms with van der Waals surface area (Å²) in [5, 5.41) is 16.0. The van der Waals surface area contributed by atoms with Gasteiger partial charge in [0.2, 0.25) is 0 Å². The maximum absolute atomic E-state index is 14.6. The second-order valence-corrected chi connectivity index (χ2v) is 7.18. The van der Waals surface area contributed by atoms with Gasteiger partial charge in [0.05, 0.1) is 18.3 Å². The van der Waals surface area contributed by atoms with Crippen molar-refractivity contribution in [2.45, 2.75) is 39.0 Å². The summed E-state index contributed by atoms with van der Waals surface area (Å²) in [6.07, 6.45) is 1.05. The molecule has 0 saturated carbocycles. The van der Waals surface area contributed by atoms with Crippen LogP contribution in [0.4, 0.5) is 14.5 Å².